The molecule has 0 amide bonds. The van der Waals surface area contributed by atoms with E-state index >= 15 is 0 Å². The van der Waals surface area contributed by atoms with Gasteiger partial charge in [0.2, 0.25) is 0 Å². The lowest BCUT2D eigenvalue weighted by atomic mass is 10.2. The van der Waals surface area contributed by atoms with Crippen molar-refractivity contribution < 1.29 is 4.92 Å². The van der Waals surface area contributed by atoms with Crippen LogP contribution in [0.4, 0.5) is 17.2 Å². The number of non-ortho nitro benzene ring substituents is 1. The molecule has 23 heavy (non-hydrogen) atoms. The molecule has 0 bridgehead atoms. The molecule has 7 nitrogen and oxygen atoms in total. The van der Waals surface area contributed by atoms with Gasteiger partial charge >= 0.3 is 0 Å². The number of aryl methyl sites for hydroxylation is 2. The zero-order valence-electron chi connectivity index (χ0n) is 12.4. The SMILES string of the molecule is Cc1ccc([N+](=O)[O-])cc1N=Nc1c(C)nc2ccc(Cl)cn12. The highest BCUT2D eigenvalue weighted by atomic mass is 35.5. The van der Waals surface area contributed by atoms with Crippen LogP contribution in [-0.4, -0.2) is 14.3 Å². The van der Waals surface area contributed by atoms with E-state index in [0.717, 1.165) is 5.56 Å². The Bertz CT molecular complexity index is 948. The molecule has 0 saturated carbocycles. The molecule has 2 heterocycles. The fraction of sp³-hybridized carbons (Fsp3) is 0.133. The third-order valence-corrected chi connectivity index (χ3v) is 3.60. The summed E-state index contributed by atoms with van der Waals surface area (Å²) in [5.41, 5.74) is 2.61. The molecule has 0 radical (unpaired) electrons. The summed E-state index contributed by atoms with van der Waals surface area (Å²) in [6.07, 6.45) is 1.70. The van der Waals surface area contributed by atoms with Gasteiger partial charge in [-0.2, -0.15) is 0 Å². The number of azo groups is 1. The maximum absolute atomic E-state index is 10.9. The number of nitro benzene ring substituents is 1. The number of halogens is 1. The normalized spacial score (nSPS) is 11.4. The highest BCUT2D eigenvalue weighted by Gasteiger charge is 2.11. The van der Waals surface area contributed by atoms with Crippen molar-refractivity contribution in [3.05, 3.63) is 62.9 Å². The van der Waals surface area contributed by atoms with Crippen LogP contribution in [0, 0.1) is 24.0 Å². The first-order chi connectivity index (χ1) is 11.0. The van der Waals surface area contributed by atoms with E-state index in [1.54, 1.807) is 28.8 Å². The average molecular weight is 330 g/mol. The Morgan fingerprint density at radius 1 is 1.22 bits per heavy atom. The first-order valence-corrected chi connectivity index (χ1v) is 7.14. The summed E-state index contributed by atoms with van der Waals surface area (Å²) in [4.78, 5) is 14.8. The third kappa shape index (κ3) is 2.91. The summed E-state index contributed by atoms with van der Waals surface area (Å²) < 4.78 is 1.73. The minimum absolute atomic E-state index is 0.0255. The van der Waals surface area contributed by atoms with Gasteiger partial charge in [-0.1, -0.05) is 17.7 Å². The number of benzene rings is 1. The van der Waals surface area contributed by atoms with Gasteiger partial charge < -0.3 is 0 Å². The Labute approximate surface area is 136 Å². The Balaban J connectivity index is 2.07. The molecule has 0 fully saturated rings. The van der Waals surface area contributed by atoms with Crippen molar-refractivity contribution in [3.63, 3.8) is 0 Å². The maximum Gasteiger partial charge on any atom is 0.271 e. The van der Waals surface area contributed by atoms with Crippen LogP contribution in [0.15, 0.2) is 46.8 Å². The monoisotopic (exact) mass is 329 g/mol. The predicted molar refractivity (Wildman–Crippen MR) is 86.9 cm³/mol. The van der Waals surface area contributed by atoms with Crippen LogP contribution in [0.2, 0.25) is 5.02 Å². The van der Waals surface area contributed by atoms with Crippen molar-refractivity contribution in [2.75, 3.05) is 0 Å². The number of nitro groups is 1. The topological polar surface area (TPSA) is 85.2 Å². The minimum Gasteiger partial charge on any atom is -0.281 e. The summed E-state index contributed by atoms with van der Waals surface area (Å²) in [6, 6.07) is 8.00. The van der Waals surface area contributed by atoms with E-state index in [-0.39, 0.29) is 5.69 Å². The van der Waals surface area contributed by atoms with Gasteiger partial charge in [0.25, 0.3) is 5.69 Å². The van der Waals surface area contributed by atoms with E-state index in [0.29, 0.717) is 27.9 Å². The van der Waals surface area contributed by atoms with E-state index in [4.69, 9.17) is 11.6 Å². The highest BCUT2D eigenvalue weighted by Crippen LogP contribution is 2.28. The standard InChI is InChI=1S/C15H12ClN5O2/c1-9-3-5-12(21(22)23)7-13(9)18-19-15-10(2)17-14-6-4-11(16)8-20(14)15/h3-8H,1-2H3. The minimum atomic E-state index is -0.461. The summed E-state index contributed by atoms with van der Waals surface area (Å²) in [5, 5.41) is 19.8. The van der Waals surface area contributed by atoms with Crippen molar-refractivity contribution in [1.82, 2.24) is 9.38 Å². The average Bonchev–Trinajstić information content (AvgIpc) is 2.81. The maximum atomic E-state index is 10.9. The summed E-state index contributed by atoms with van der Waals surface area (Å²) in [6.45, 7) is 3.63. The van der Waals surface area contributed by atoms with Gasteiger partial charge in [-0.25, -0.2) is 4.98 Å². The number of imidazole rings is 1. The number of rotatable bonds is 3. The lowest BCUT2D eigenvalue weighted by Crippen LogP contribution is -1.87. The zero-order chi connectivity index (χ0) is 16.6. The molecule has 116 valence electrons. The van der Waals surface area contributed by atoms with Crippen LogP contribution in [0.5, 0.6) is 0 Å². The molecule has 0 aliphatic rings. The summed E-state index contributed by atoms with van der Waals surface area (Å²) >= 11 is 6.00. The second kappa shape index (κ2) is 5.77. The Morgan fingerprint density at radius 3 is 2.74 bits per heavy atom. The van der Waals surface area contributed by atoms with Crippen LogP contribution in [0.3, 0.4) is 0 Å². The van der Waals surface area contributed by atoms with Crippen molar-refractivity contribution in [2.45, 2.75) is 13.8 Å². The molecule has 0 atom stereocenters. The van der Waals surface area contributed by atoms with Gasteiger partial charge in [0.05, 0.1) is 21.3 Å². The van der Waals surface area contributed by atoms with Crippen LogP contribution >= 0.6 is 11.6 Å². The summed E-state index contributed by atoms with van der Waals surface area (Å²) in [5.74, 6) is 0.536. The Morgan fingerprint density at radius 2 is 2.00 bits per heavy atom. The smallest absolute Gasteiger partial charge is 0.271 e. The van der Waals surface area contributed by atoms with E-state index in [1.807, 2.05) is 13.8 Å². The number of pyridine rings is 1. The molecular formula is C15H12ClN5O2. The number of aromatic nitrogens is 2. The predicted octanol–water partition coefficient (Wildman–Crippen LogP) is 4.93. The van der Waals surface area contributed by atoms with Crippen molar-refractivity contribution >= 4 is 34.4 Å². The molecule has 0 saturated heterocycles. The van der Waals surface area contributed by atoms with E-state index < -0.39 is 4.92 Å². The van der Waals surface area contributed by atoms with Crippen LogP contribution < -0.4 is 0 Å². The number of hydrogen-bond acceptors (Lipinski definition) is 5. The highest BCUT2D eigenvalue weighted by molar-refractivity contribution is 6.30. The number of hydrogen-bond donors (Lipinski definition) is 0. The van der Waals surface area contributed by atoms with Gasteiger partial charge in [-0.3, -0.25) is 14.5 Å². The molecule has 3 aromatic rings. The molecule has 0 spiro atoms. The Hall–Kier alpha value is -2.80. The largest absolute Gasteiger partial charge is 0.281 e. The second-order valence-corrected chi connectivity index (χ2v) is 5.46. The van der Waals surface area contributed by atoms with Crippen molar-refractivity contribution in [3.8, 4) is 0 Å². The number of nitrogens with zero attached hydrogens (tertiary/aromatic N) is 5. The fourth-order valence-electron chi connectivity index (χ4n) is 2.16. The summed E-state index contributed by atoms with van der Waals surface area (Å²) in [7, 11) is 0. The van der Waals surface area contributed by atoms with Crippen molar-refractivity contribution in [1.29, 1.82) is 0 Å². The molecule has 0 aliphatic carbocycles. The van der Waals surface area contributed by atoms with Gasteiger partial charge in [-0.05, 0) is 31.5 Å². The molecule has 1 aromatic carbocycles. The molecule has 0 N–H and O–H groups in total. The third-order valence-electron chi connectivity index (χ3n) is 3.38. The molecule has 2 aromatic heterocycles. The first-order valence-electron chi connectivity index (χ1n) is 6.76. The van der Waals surface area contributed by atoms with Crippen LogP contribution in [0.25, 0.3) is 5.65 Å². The molecular weight excluding hydrogens is 318 g/mol. The molecule has 0 unspecified atom stereocenters. The van der Waals surface area contributed by atoms with E-state index in [9.17, 15) is 10.1 Å². The van der Waals surface area contributed by atoms with Crippen molar-refractivity contribution in [2.24, 2.45) is 10.2 Å². The number of fused-ring (bicyclic) bond motifs is 1. The van der Waals surface area contributed by atoms with Gasteiger partial charge in [0.15, 0.2) is 5.82 Å². The quantitative estimate of drug-likeness (QED) is 0.388. The van der Waals surface area contributed by atoms with Gasteiger partial charge in [0, 0.05) is 18.3 Å². The Kier molecular flexibility index (Phi) is 3.79. The molecule has 8 heteroatoms. The molecule has 3 rings (SSSR count). The lowest BCUT2D eigenvalue weighted by molar-refractivity contribution is -0.384. The second-order valence-electron chi connectivity index (χ2n) is 5.02. The zero-order valence-corrected chi connectivity index (χ0v) is 13.2. The lowest BCUT2D eigenvalue weighted by Gasteiger charge is -2.00. The van der Waals surface area contributed by atoms with E-state index in [1.165, 1.54) is 12.1 Å². The fourth-order valence-corrected chi connectivity index (χ4v) is 2.33. The molecule has 0 aliphatic heterocycles. The van der Waals surface area contributed by atoms with Crippen LogP contribution in [0.1, 0.15) is 11.3 Å². The van der Waals surface area contributed by atoms with Gasteiger partial charge in [-0.15, -0.1) is 10.2 Å². The first kappa shape index (κ1) is 15.1. The van der Waals surface area contributed by atoms with E-state index in [2.05, 4.69) is 15.2 Å². The van der Waals surface area contributed by atoms with Gasteiger partial charge in [0.1, 0.15) is 5.65 Å². The van der Waals surface area contributed by atoms with Crippen LogP contribution in [-0.2, 0) is 0 Å².